The van der Waals surface area contributed by atoms with Crippen LogP contribution in [-0.4, -0.2) is 78.1 Å². The standard InChI is InChI=1S/C33H37FN6O4S/c1-22(2)30-27(35-21-39(30)13-5-12-38-14-16-40(3,45-44)17-15-38)20-29-33(43)36-28(32(42)37-29)19-23-6-4-7-25(18-23)31(41)24-8-10-26(34)11-9-24/h4,6-11,18-22,45H,5,12-17H2,1-3H3,(H-,36,37,42,43)/p+1/b28-19-,29-20-. The summed E-state index contributed by atoms with van der Waals surface area (Å²) in [7, 11) is 2.01. The number of nitrogens with zero attached hydrogens (tertiary/aromatic N) is 4. The van der Waals surface area contributed by atoms with E-state index in [0.29, 0.717) is 26.3 Å². The third kappa shape index (κ3) is 7.70. The number of aromatic amines is 2. The maximum Gasteiger partial charge on any atom is 0.272 e. The summed E-state index contributed by atoms with van der Waals surface area (Å²) in [6.07, 6.45) is 5.80. The SMILES string of the molecule is CC(C)c1c(/C=c2\[nH]c(=O)/c(=C/c3cccc(C(=O)c4ccc(F)cc4)c3)[nH]c2=O)ncn1CCCN1CC[N+](C)([SH]=O)CC1. The number of benzene rings is 2. The first kappa shape index (κ1) is 32.1. The number of likely N-dealkylation sites (N-methyl/N-ethyl adjacent to an activating group) is 1. The van der Waals surface area contributed by atoms with Crippen LogP contribution in [0.1, 0.15) is 59.1 Å². The lowest BCUT2D eigenvalue weighted by Crippen LogP contribution is -2.54. The number of aryl methyl sites for hydroxylation is 1. The van der Waals surface area contributed by atoms with Crippen molar-refractivity contribution in [1.82, 2.24) is 24.4 Å². The number of H-pyrrole nitrogens is 2. The number of nitrogens with one attached hydrogen (secondary N) is 2. The molecule has 236 valence electrons. The molecule has 2 aromatic heterocycles. The van der Waals surface area contributed by atoms with Crippen molar-refractivity contribution in [2.75, 3.05) is 39.8 Å². The number of hydrogen-bond acceptors (Lipinski definition) is 6. The van der Waals surface area contributed by atoms with Crippen LogP contribution in [0.5, 0.6) is 0 Å². The molecule has 0 saturated carbocycles. The summed E-state index contributed by atoms with van der Waals surface area (Å²) >= 11 is 0.168. The molecular weight excluding hydrogens is 595 g/mol. The minimum absolute atomic E-state index is 0.0461. The van der Waals surface area contributed by atoms with E-state index < -0.39 is 16.9 Å². The van der Waals surface area contributed by atoms with Crippen LogP contribution in [0.15, 0.2) is 64.4 Å². The van der Waals surface area contributed by atoms with Crippen LogP contribution in [0.4, 0.5) is 4.39 Å². The predicted octanol–water partition coefficient (Wildman–Crippen LogP) is 1.42. The second-order valence-electron chi connectivity index (χ2n) is 11.9. The molecule has 1 fully saturated rings. The average Bonchev–Trinajstić information content (AvgIpc) is 3.43. The third-order valence-electron chi connectivity index (χ3n) is 8.15. The van der Waals surface area contributed by atoms with Gasteiger partial charge in [-0.2, -0.15) is 0 Å². The molecular formula is C33H38FN6O4S+. The summed E-state index contributed by atoms with van der Waals surface area (Å²) in [6.45, 7) is 9.37. The smallest absolute Gasteiger partial charge is 0.272 e. The number of quaternary nitrogens is 1. The molecule has 0 unspecified atom stereocenters. The first-order valence-electron chi connectivity index (χ1n) is 15.0. The largest absolute Gasteiger partial charge is 0.334 e. The second kappa shape index (κ2) is 13.8. The Morgan fingerprint density at radius 1 is 1.00 bits per heavy atom. The summed E-state index contributed by atoms with van der Waals surface area (Å²) in [5.41, 5.74) is 1.88. The quantitative estimate of drug-likeness (QED) is 0.138. The fraction of sp³-hybridized carbons (Fsp3) is 0.333. The van der Waals surface area contributed by atoms with Gasteiger partial charge in [-0.1, -0.05) is 32.0 Å². The minimum Gasteiger partial charge on any atom is -0.334 e. The molecule has 2 N–H and O–H groups in total. The van der Waals surface area contributed by atoms with Crippen molar-refractivity contribution in [3.05, 3.63) is 120 Å². The van der Waals surface area contributed by atoms with E-state index in [-0.39, 0.29) is 34.3 Å². The average molecular weight is 634 g/mol. The number of rotatable bonds is 10. The van der Waals surface area contributed by atoms with E-state index in [0.717, 1.165) is 51.4 Å². The molecule has 3 heterocycles. The van der Waals surface area contributed by atoms with E-state index in [1.165, 1.54) is 30.3 Å². The Labute approximate surface area is 263 Å². The Morgan fingerprint density at radius 3 is 2.31 bits per heavy atom. The van der Waals surface area contributed by atoms with Gasteiger partial charge in [-0.25, -0.2) is 17.5 Å². The molecule has 0 spiro atoms. The van der Waals surface area contributed by atoms with Gasteiger partial charge in [-0.15, -0.1) is 0 Å². The van der Waals surface area contributed by atoms with Crippen molar-refractivity contribution in [2.24, 2.45) is 0 Å². The maximum atomic E-state index is 13.3. The first-order chi connectivity index (χ1) is 21.5. The van der Waals surface area contributed by atoms with E-state index in [9.17, 15) is 23.0 Å². The van der Waals surface area contributed by atoms with Gasteiger partial charge < -0.3 is 14.5 Å². The molecule has 1 aliphatic rings. The van der Waals surface area contributed by atoms with Gasteiger partial charge in [0, 0.05) is 43.0 Å². The summed E-state index contributed by atoms with van der Waals surface area (Å²) in [5, 5.41) is 0.140. The van der Waals surface area contributed by atoms with Crippen molar-refractivity contribution >= 4 is 29.8 Å². The Bertz CT molecular complexity index is 1940. The zero-order valence-corrected chi connectivity index (χ0v) is 26.5. The van der Waals surface area contributed by atoms with Gasteiger partial charge >= 0.3 is 0 Å². The number of thiol groups is 1. The van der Waals surface area contributed by atoms with E-state index in [1.54, 1.807) is 36.7 Å². The van der Waals surface area contributed by atoms with Gasteiger partial charge in [0.25, 0.3) is 11.1 Å². The van der Waals surface area contributed by atoms with Crippen molar-refractivity contribution in [1.29, 1.82) is 0 Å². The zero-order chi connectivity index (χ0) is 32.1. The highest BCUT2D eigenvalue weighted by Gasteiger charge is 2.27. The summed E-state index contributed by atoms with van der Waals surface area (Å²) in [6, 6.07) is 11.9. The van der Waals surface area contributed by atoms with Crippen LogP contribution in [0.2, 0.25) is 0 Å². The fourth-order valence-electron chi connectivity index (χ4n) is 5.57. The Hall–Kier alpha value is -4.26. The highest BCUT2D eigenvalue weighted by molar-refractivity contribution is 7.59. The van der Waals surface area contributed by atoms with E-state index >= 15 is 0 Å². The molecule has 10 nitrogen and oxygen atoms in total. The van der Waals surface area contributed by atoms with Gasteiger partial charge in [0.2, 0.25) is 0 Å². The van der Waals surface area contributed by atoms with Crippen molar-refractivity contribution in [3.8, 4) is 0 Å². The predicted molar refractivity (Wildman–Crippen MR) is 173 cm³/mol. The van der Waals surface area contributed by atoms with Gasteiger partial charge in [-0.3, -0.25) is 19.3 Å². The van der Waals surface area contributed by atoms with Crippen LogP contribution in [0.3, 0.4) is 0 Å². The highest BCUT2D eigenvalue weighted by Crippen LogP contribution is 2.20. The molecule has 0 atom stereocenters. The number of imidazole rings is 1. The van der Waals surface area contributed by atoms with Crippen molar-refractivity contribution in [2.45, 2.75) is 32.7 Å². The molecule has 45 heavy (non-hydrogen) atoms. The summed E-state index contributed by atoms with van der Waals surface area (Å²) in [5.74, 6) is -0.585. The molecule has 0 amide bonds. The molecule has 4 aromatic rings. The fourth-order valence-corrected chi connectivity index (χ4v) is 5.91. The Morgan fingerprint density at radius 2 is 1.67 bits per heavy atom. The molecule has 0 bridgehead atoms. The number of ketones is 1. The third-order valence-corrected chi connectivity index (χ3v) is 8.95. The van der Waals surface area contributed by atoms with Crippen LogP contribution in [-0.2, 0) is 18.4 Å². The lowest BCUT2D eigenvalue weighted by molar-refractivity contribution is -0.782. The van der Waals surface area contributed by atoms with E-state index in [2.05, 4.69) is 38.3 Å². The minimum atomic E-state index is -0.491. The van der Waals surface area contributed by atoms with Crippen molar-refractivity contribution in [3.63, 3.8) is 0 Å². The highest BCUT2D eigenvalue weighted by atomic mass is 32.2. The zero-order valence-electron chi connectivity index (χ0n) is 25.6. The van der Waals surface area contributed by atoms with Gasteiger partial charge in [0.05, 0.1) is 19.1 Å². The number of aromatic nitrogens is 4. The summed E-state index contributed by atoms with van der Waals surface area (Å²) in [4.78, 5) is 51.2. The van der Waals surface area contributed by atoms with Crippen LogP contribution >= 0.6 is 0 Å². The number of hydrogen-bond donors (Lipinski definition) is 3. The van der Waals surface area contributed by atoms with Crippen molar-refractivity contribution < 1.29 is 17.3 Å². The normalized spacial score (nSPS) is 16.0. The molecule has 5 rings (SSSR count). The van der Waals surface area contributed by atoms with E-state index in [4.69, 9.17) is 0 Å². The lowest BCUT2D eigenvalue weighted by atomic mass is 10.0. The Kier molecular flexibility index (Phi) is 9.86. The van der Waals surface area contributed by atoms with Gasteiger partial charge in [0.15, 0.2) is 17.6 Å². The monoisotopic (exact) mass is 633 g/mol. The summed E-state index contributed by atoms with van der Waals surface area (Å²) < 4.78 is 27.3. The van der Waals surface area contributed by atoms with Crippen LogP contribution < -0.4 is 21.8 Å². The second-order valence-corrected chi connectivity index (χ2v) is 13.0. The first-order valence-corrected chi connectivity index (χ1v) is 15.7. The molecule has 2 aromatic carbocycles. The molecule has 1 aliphatic heterocycles. The topological polar surface area (TPSA) is 121 Å². The molecule has 0 aliphatic carbocycles. The van der Waals surface area contributed by atoms with Gasteiger partial charge in [0.1, 0.15) is 29.6 Å². The van der Waals surface area contributed by atoms with E-state index in [1.807, 2.05) is 7.05 Å². The molecule has 12 heteroatoms. The maximum absolute atomic E-state index is 13.3. The molecule has 0 radical (unpaired) electrons. The number of piperazine rings is 1. The van der Waals surface area contributed by atoms with Crippen LogP contribution in [0.25, 0.3) is 12.2 Å². The Balaban J connectivity index is 1.34. The molecule has 1 saturated heterocycles. The number of carbonyl (C=O) groups is 1. The number of halogens is 1. The number of carbonyl (C=O) groups excluding carboxylic acids is 1. The van der Waals surface area contributed by atoms with Crippen LogP contribution in [0, 0.1) is 5.82 Å². The van der Waals surface area contributed by atoms with Gasteiger partial charge in [-0.05, 0) is 60.4 Å². The lowest BCUT2D eigenvalue weighted by Gasteiger charge is -2.36.